The first-order valence-electron chi connectivity index (χ1n) is 8.32. The number of aromatic nitrogens is 2. The number of amides is 1. The van der Waals surface area contributed by atoms with Crippen molar-refractivity contribution in [3.63, 3.8) is 0 Å². The Balaban J connectivity index is 1.79. The van der Waals surface area contributed by atoms with Crippen molar-refractivity contribution < 1.29 is 19.4 Å². The molecule has 0 spiro atoms. The van der Waals surface area contributed by atoms with Gasteiger partial charge in [-0.2, -0.15) is 4.68 Å². The molecular weight excluding hydrogens is 382 g/mol. The van der Waals surface area contributed by atoms with Crippen LogP contribution in [0.2, 0.25) is 0 Å². The highest BCUT2D eigenvalue weighted by Crippen LogP contribution is 2.31. The Morgan fingerprint density at radius 2 is 1.90 bits per heavy atom. The van der Waals surface area contributed by atoms with E-state index in [-0.39, 0.29) is 29.5 Å². The minimum atomic E-state index is -0.676. The fourth-order valence-corrected chi connectivity index (χ4v) is 2.50. The summed E-state index contributed by atoms with van der Waals surface area (Å²) in [6.45, 7) is 1.53. The number of benzene rings is 2. The van der Waals surface area contributed by atoms with E-state index in [1.165, 1.54) is 24.4 Å². The molecule has 2 aromatic carbocycles. The summed E-state index contributed by atoms with van der Waals surface area (Å²) < 4.78 is 6.81. The standard InChI is InChI=1S/C18H15N5O6/c1-12-4-2-3-5-16(12)29-15-9-13(8-14(10-15)22(25)26)19-18(24)11-21-7-6-17(20-21)23(27)28/h2-10H,11H2,1H3,(H,19,24). The minimum absolute atomic E-state index is 0.148. The molecule has 0 atom stereocenters. The van der Waals surface area contributed by atoms with Crippen LogP contribution in [0.4, 0.5) is 17.2 Å². The van der Waals surface area contributed by atoms with Crippen molar-refractivity contribution >= 4 is 23.1 Å². The van der Waals surface area contributed by atoms with E-state index in [0.717, 1.165) is 16.3 Å². The normalized spacial score (nSPS) is 10.4. The molecule has 1 N–H and O–H groups in total. The molecule has 0 aliphatic heterocycles. The number of para-hydroxylation sites is 1. The Morgan fingerprint density at radius 1 is 1.14 bits per heavy atom. The number of rotatable bonds is 7. The van der Waals surface area contributed by atoms with Crippen LogP contribution in [-0.2, 0) is 11.3 Å². The molecule has 0 saturated carbocycles. The summed E-state index contributed by atoms with van der Waals surface area (Å²) in [5.74, 6) is -0.250. The number of hydrogen-bond acceptors (Lipinski definition) is 7. The summed E-state index contributed by atoms with van der Waals surface area (Å²) in [5, 5.41) is 28.0. The molecule has 0 radical (unpaired) electrons. The molecule has 11 nitrogen and oxygen atoms in total. The lowest BCUT2D eigenvalue weighted by atomic mass is 10.2. The minimum Gasteiger partial charge on any atom is -0.457 e. The number of hydrogen-bond donors (Lipinski definition) is 1. The van der Waals surface area contributed by atoms with E-state index in [1.807, 2.05) is 19.1 Å². The van der Waals surface area contributed by atoms with Gasteiger partial charge in [0.1, 0.15) is 18.0 Å². The first kappa shape index (κ1) is 19.5. The van der Waals surface area contributed by atoms with Crippen LogP contribution in [0.3, 0.4) is 0 Å². The lowest BCUT2D eigenvalue weighted by molar-refractivity contribution is -0.389. The van der Waals surface area contributed by atoms with Gasteiger partial charge in [0.2, 0.25) is 5.91 Å². The molecule has 3 aromatic rings. The van der Waals surface area contributed by atoms with Crippen LogP contribution in [0.1, 0.15) is 5.56 Å². The molecule has 0 aliphatic carbocycles. The van der Waals surface area contributed by atoms with Crippen molar-refractivity contribution in [2.24, 2.45) is 0 Å². The van der Waals surface area contributed by atoms with Gasteiger partial charge >= 0.3 is 5.82 Å². The van der Waals surface area contributed by atoms with Crippen molar-refractivity contribution in [3.05, 3.63) is 80.5 Å². The summed E-state index contributed by atoms with van der Waals surface area (Å²) in [6, 6.07) is 12.2. The molecule has 0 saturated heterocycles. The highest BCUT2D eigenvalue weighted by molar-refractivity contribution is 5.91. The molecule has 0 fully saturated rings. The van der Waals surface area contributed by atoms with Crippen LogP contribution in [0, 0.1) is 27.2 Å². The Morgan fingerprint density at radius 3 is 2.55 bits per heavy atom. The van der Waals surface area contributed by atoms with Gasteiger partial charge < -0.3 is 20.2 Å². The van der Waals surface area contributed by atoms with Crippen molar-refractivity contribution in [3.8, 4) is 11.5 Å². The third-order valence-electron chi connectivity index (χ3n) is 3.83. The molecule has 1 heterocycles. The number of aryl methyl sites for hydroxylation is 1. The zero-order valence-electron chi connectivity index (χ0n) is 15.1. The zero-order valence-corrected chi connectivity index (χ0v) is 15.1. The fourth-order valence-electron chi connectivity index (χ4n) is 2.50. The predicted molar refractivity (Wildman–Crippen MR) is 102 cm³/mol. The SMILES string of the molecule is Cc1ccccc1Oc1cc(NC(=O)Cn2ccc([N+](=O)[O-])n2)cc([N+](=O)[O-])c1. The van der Waals surface area contributed by atoms with Crippen molar-refractivity contribution in [2.75, 3.05) is 5.32 Å². The van der Waals surface area contributed by atoms with Gasteiger partial charge in [-0.05, 0) is 23.5 Å². The molecule has 29 heavy (non-hydrogen) atoms. The van der Waals surface area contributed by atoms with E-state index in [0.29, 0.717) is 5.75 Å². The summed E-state index contributed by atoms with van der Waals surface area (Å²) >= 11 is 0. The summed E-state index contributed by atoms with van der Waals surface area (Å²) in [4.78, 5) is 32.8. The summed E-state index contributed by atoms with van der Waals surface area (Å²) in [6.07, 6.45) is 1.29. The van der Waals surface area contributed by atoms with E-state index in [2.05, 4.69) is 10.4 Å². The second-order valence-electron chi connectivity index (χ2n) is 6.02. The third kappa shape index (κ3) is 4.91. The highest BCUT2D eigenvalue weighted by Gasteiger charge is 2.16. The number of carbonyl (C=O) groups excluding carboxylic acids is 1. The van der Waals surface area contributed by atoms with E-state index < -0.39 is 15.8 Å². The largest absolute Gasteiger partial charge is 0.457 e. The van der Waals surface area contributed by atoms with Crippen LogP contribution in [-0.4, -0.2) is 25.5 Å². The molecule has 3 rings (SSSR count). The number of ether oxygens (including phenoxy) is 1. The van der Waals surface area contributed by atoms with Crippen molar-refractivity contribution in [2.45, 2.75) is 13.5 Å². The topological polar surface area (TPSA) is 142 Å². The number of carbonyl (C=O) groups is 1. The number of non-ortho nitro benzene ring substituents is 1. The first-order chi connectivity index (χ1) is 13.8. The second kappa shape index (κ2) is 8.17. The zero-order chi connectivity index (χ0) is 21.0. The average Bonchev–Trinajstić information content (AvgIpc) is 3.12. The van der Waals surface area contributed by atoms with Gasteiger partial charge in [0, 0.05) is 12.1 Å². The lowest BCUT2D eigenvalue weighted by Crippen LogP contribution is -2.19. The summed E-state index contributed by atoms with van der Waals surface area (Å²) in [5.41, 5.74) is 0.723. The summed E-state index contributed by atoms with van der Waals surface area (Å²) in [7, 11) is 0. The van der Waals surface area contributed by atoms with Crippen LogP contribution < -0.4 is 10.1 Å². The van der Waals surface area contributed by atoms with E-state index in [4.69, 9.17) is 4.74 Å². The molecule has 11 heteroatoms. The third-order valence-corrected chi connectivity index (χ3v) is 3.83. The van der Waals surface area contributed by atoms with Crippen LogP contribution in [0.5, 0.6) is 11.5 Å². The van der Waals surface area contributed by atoms with Gasteiger partial charge in [0.25, 0.3) is 5.69 Å². The molecule has 148 valence electrons. The van der Waals surface area contributed by atoms with Gasteiger partial charge in [-0.25, -0.2) is 0 Å². The Labute approximate surface area is 163 Å². The van der Waals surface area contributed by atoms with Crippen molar-refractivity contribution in [1.82, 2.24) is 9.78 Å². The number of nitrogens with one attached hydrogen (secondary N) is 1. The monoisotopic (exact) mass is 397 g/mol. The molecule has 1 amide bonds. The van der Waals surface area contributed by atoms with Gasteiger partial charge in [-0.15, -0.1) is 0 Å². The van der Waals surface area contributed by atoms with E-state index in [9.17, 15) is 25.0 Å². The maximum absolute atomic E-state index is 12.2. The smallest absolute Gasteiger partial charge is 0.389 e. The Kier molecular flexibility index (Phi) is 5.49. The van der Waals surface area contributed by atoms with Gasteiger partial charge in [0.05, 0.1) is 34.0 Å². The molecular formula is C18H15N5O6. The molecule has 0 unspecified atom stereocenters. The molecule has 1 aromatic heterocycles. The molecule has 0 bridgehead atoms. The van der Waals surface area contributed by atoms with Gasteiger partial charge in [-0.3, -0.25) is 14.9 Å². The maximum atomic E-state index is 12.2. The Hall–Kier alpha value is -4.28. The lowest BCUT2D eigenvalue weighted by Gasteiger charge is -2.10. The average molecular weight is 397 g/mol. The van der Waals surface area contributed by atoms with Crippen LogP contribution in [0.15, 0.2) is 54.7 Å². The fraction of sp³-hybridized carbons (Fsp3) is 0.111. The van der Waals surface area contributed by atoms with Crippen LogP contribution >= 0.6 is 0 Å². The van der Waals surface area contributed by atoms with Crippen LogP contribution in [0.25, 0.3) is 0 Å². The first-order valence-corrected chi connectivity index (χ1v) is 8.32. The van der Waals surface area contributed by atoms with E-state index >= 15 is 0 Å². The maximum Gasteiger partial charge on any atom is 0.389 e. The second-order valence-corrected chi connectivity index (χ2v) is 6.02. The number of nitro groups is 2. The molecule has 0 aliphatic rings. The number of nitrogens with zero attached hydrogens (tertiary/aromatic N) is 4. The quantitative estimate of drug-likeness (QED) is 0.475. The van der Waals surface area contributed by atoms with Gasteiger partial charge in [0.15, 0.2) is 0 Å². The Bertz CT molecular complexity index is 1090. The number of anilines is 1. The predicted octanol–water partition coefficient (Wildman–Crippen LogP) is 3.44. The number of nitro benzene ring substituents is 1. The van der Waals surface area contributed by atoms with Crippen molar-refractivity contribution in [1.29, 1.82) is 0 Å². The van der Waals surface area contributed by atoms with Gasteiger partial charge in [-0.1, -0.05) is 18.2 Å². The van der Waals surface area contributed by atoms with E-state index in [1.54, 1.807) is 12.1 Å². The highest BCUT2D eigenvalue weighted by atomic mass is 16.6.